The average Bonchev–Trinajstić information content (AvgIpc) is 2.48. The first-order valence-electron chi connectivity index (χ1n) is 7.27. The first-order chi connectivity index (χ1) is 10.5. The van der Waals surface area contributed by atoms with Crippen molar-refractivity contribution in [3.63, 3.8) is 0 Å². The summed E-state index contributed by atoms with van der Waals surface area (Å²) in [5.41, 5.74) is 1.67. The molecule has 5 heteroatoms. The summed E-state index contributed by atoms with van der Waals surface area (Å²) in [5.74, 6) is 0.764. The summed E-state index contributed by atoms with van der Waals surface area (Å²) in [4.78, 5) is 0. The second-order valence-corrected chi connectivity index (χ2v) is 6.84. The lowest BCUT2D eigenvalue weighted by atomic mass is 10.1. The fraction of sp³-hybridized carbons (Fsp3) is 0.294. The maximum Gasteiger partial charge on any atom is 0.216 e. The number of benzene rings is 2. The normalized spacial score (nSPS) is 12.8. The minimum absolute atomic E-state index is 0.0186. The number of nitrogens with one attached hydrogen (secondary N) is 1. The van der Waals surface area contributed by atoms with Crippen molar-refractivity contribution in [1.82, 2.24) is 4.72 Å². The highest BCUT2D eigenvalue weighted by Gasteiger charge is 2.16. The van der Waals surface area contributed by atoms with Crippen LogP contribution in [0.3, 0.4) is 0 Å². The van der Waals surface area contributed by atoms with Crippen molar-refractivity contribution >= 4 is 10.0 Å². The standard InChI is InChI=1S/C17H21NO3S/c1-3-21-17-11-9-16(10-12-17)14(2)18-22(19,20)13-15-7-5-4-6-8-15/h4-12,14,18H,3,13H2,1-2H3. The zero-order valence-electron chi connectivity index (χ0n) is 12.8. The topological polar surface area (TPSA) is 55.4 Å². The molecule has 0 heterocycles. The Balaban J connectivity index is 2.02. The summed E-state index contributed by atoms with van der Waals surface area (Å²) in [7, 11) is -3.38. The van der Waals surface area contributed by atoms with Crippen molar-refractivity contribution in [3.05, 3.63) is 65.7 Å². The molecule has 0 spiro atoms. The largest absolute Gasteiger partial charge is 0.494 e. The van der Waals surface area contributed by atoms with Crippen LogP contribution in [0.1, 0.15) is 31.0 Å². The molecule has 4 nitrogen and oxygen atoms in total. The van der Waals surface area contributed by atoms with Crippen LogP contribution in [0, 0.1) is 0 Å². The van der Waals surface area contributed by atoms with Gasteiger partial charge in [0.05, 0.1) is 12.4 Å². The molecule has 0 aliphatic carbocycles. The Morgan fingerprint density at radius 1 is 1.05 bits per heavy atom. The molecule has 0 aromatic heterocycles. The first-order valence-corrected chi connectivity index (χ1v) is 8.92. The van der Waals surface area contributed by atoms with Crippen LogP contribution in [0.5, 0.6) is 5.75 Å². The monoisotopic (exact) mass is 319 g/mol. The quantitative estimate of drug-likeness (QED) is 0.852. The Hall–Kier alpha value is -1.85. The SMILES string of the molecule is CCOc1ccc(C(C)NS(=O)(=O)Cc2ccccc2)cc1. The Morgan fingerprint density at radius 2 is 1.68 bits per heavy atom. The minimum Gasteiger partial charge on any atom is -0.494 e. The van der Waals surface area contributed by atoms with Crippen LogP contribution < -0.4 is 9.46 Å². The van der Waals surface area contributed by atoms with E-state index in [1.54, 1.807) is 12.1 Å². The van der Waals surface area contributed by atoms with Crippen LogP contribution >= 0.6 is 0 Å². The lowest BCUT2D eigenvalue weighted by Crippen LogP contribution is -2.28. The number of ether oxygens (including phenoxy) is 1. The Labute approximate surface area is 132 Å². The van der Waals surface area contributed by atoms with E-state index in [9.17, 15) is 8.42 Å². The van der Waals surface area contributed by atoms with Crippen molar-refractivity contribution < 1.29 is 13.2 Å². The van der Waals surface area contributed by atoms with Gasteiger partial charge in [0, 0.05) is 6.04 Å². The number of hydrogen-bond donors (Lipinski definition) is 1. The Bertz CT molecular complexity index is 682. The number of hydrogen-bond acceptors (Lipinski definition) is 3. The summed E-state index contributed by atoms with van der Waals surface area (Å²) in [5, 5.41) is 0. The molecule has 22 heavy (non-hydrogen) atoms. The van der Waals surface area contributed by atoms with E-state index in [0.29, 0.717) is 6.61 Å². The molecule has 0 saturated carbocycles. The third kappa shape index (κ3) is 4.86. The fourth-order valence-corrected chi connectivity index (χ4v) is 3.58. The van der Waals surface area contributed by atoms with E-state index in [1.165, 1.54) is 0 Å². The second-order valence-electron chi connectivity index (χ2n) is 5.09. The molecule has 2 aromatic carbocycles. The van der Waals surface area contributed by atoms with Gasteiger partial charge in [0.15, 0.2) is 0 Å². The molecule has 0 aliphatic rings. The van der Waals surface area contributed by atoms with Crippen LogP contribution in [-0.4, -0.2) is 15.0 Å². The van der Waals surface area contributed by atoms with Crippen molar-refractivity contribution in [2.75, 3.05) is 6.61 Å². The molecule has 0 amide bonds. The van der Waals surface area contributed by atoms with Gasteiger partial charge in [0.25, 0.3) is 0 Å². The van der Waals surface area contributed by atoms with Crippen molar-refractivity contribution in [2.45, 2.75) is 25.6 Å². The molecule has 1 atom stereocenters. The average molecular weight is 319 g/mol. The molecule has 2 rings (SSSR count). The maximum absolute atomic E-state index is 12.2. The van der Waals surface area contributed by atoms with Gasteiger partial charge in [-0.1, -0.05) is 42.5 Å². The van der Waals surface area contributed by atoms with E-state index in [-0.39, 0.29) is 11.8 Å². The van der Waals surface area contributed by atoms with Crippen LogP contribution in [0.2, 0.25) is 0 Å². The van der Waals surface area contributed by atoms with E-state index in [0.717, 1.165) is 16.9 Å². The van der Waals surface area contributed by atoms with Gasteiger partial charge in [-0.3, -0.25) is 0 Å². The highest BCUT2D eigenvalue weighted by Crippen LogP contribution is 2.19. The highest BCUT2D eigenvalue weighted by atomic mass is 32.2. The smallest absolute Gasteiger partial charge is 0.216 e. The summed E-state index contributed by atoms with van der Waals surface area (Å²) >= 11 is 0. The molecular weight excluding hydrogens is 298 g/mol. The molecule has 0 saturated heterocycles. The lowest BCUT2D eigenvalue weighted by Gasteiger charge is -2.15. The summed E-state index contributed by atoms with van der Waals surface area (Å²) in [6, 6.07) is 16.3. The molecule has 0 bridgehead atoms. The van der Waals surface area contributed by atoms with Gasteiger partial charge >= 0.3 is 0 Å². The van der Waals surface area contributed by atoms with Gasteiger partial charge in [0.2, 0.25) is 10.0 Å². The van der Waals surface area contributed by atoms with Gasteiger partial charge in [-0.25, -0.2) is 13.1 Å². The van der Waals surface area contributed by atoms with Gasteiger partial charge in [-0.2, -0.15) is 0 Å². The van der Waals surface area contributed by atoms with E-state index < -0.39 is 10.0 Å². The van der Waals surface area contributed by atoms with Crippen LogP contribution in [0.15, 0.2) is 54.6 Å². The van der Waals surface area contributed by atoms with E-state index in [1.807, 2.05) is 56.3 Å². The van der Waals surface area contributed by atoms with E-state index >= 15 is 0 Å². The molecular formula is C17H21NO3S. The molecule has 1 N–H and O–H groups in total. The Morgan fingerprint density at radius 3 is 2.27 bits per heavy atom. The van der Waals surface area contributed by atoms with Gasteiger partial charge < -0.3 is 4.74 Å². The van der Waals surface area contributed by atoms with Crippen molar-refractivity contribution in [3.8, 4) is 5.75 Å². The van der Waals surface area contributed by atoms with E-state index in [2.05, 4.69) is 4.72 Å². The minimum atomic E-state index is -3.38. The number of rotatable bonds is 7. The van der Waals surface area contributed by atoms with Gasteiger partial charge in [-0.05, 0) is 37.1 Å². The zero-order chi connectivity index (χ0) is 16.0. The molecule has 1 unspecified atom stereocenters. The molecule has 2 aromatic rings. The molecule has 0 radical (unpaired) electrons. The maximum atomic E-state index is 12.2. The Kier molecular flexibility index (Phi) is 5.57. The summed E-state index contributed by atoms with van der Waals surface area (Å²) in [6.07, 6.45) is 0. The zero-order valence-corrected chi connectivity index (χ0v) is 13.6. The predicted molar refractivity (Wildman–Crippen MR) is 88.2 cm³/mol. The van der Waals surface area contributed by atoms with E-state index in [4.69, 9.17) is 4.74 Å². The van der Waals surface area contributed by atoms with Crippen LogP contribution in [-0.2, 0) is 15.8 Å². The first kappa shape index (κ1) is 16.5. The predicted octanol–water partition coefficient (Wildman–Crippen LogP) is 3.27. The van der Waals surface area contributed by atoms with Gasteiger partial charge in [0.1, 0.15) is 5.75 Å². The highest BCUT2D eigenvalue weighted by molar-refractivity contribution is 7.88. The summed E-state index contributed by atoms with van der Waals surface area (Å²) < 4.78 is 32.5. The third-order valence-corrected chi connectivity index (χ3v) is 4.67. The number of sulfonamides is 1. The van der Waals surface area contributed by atoms with Crippen LogP contribution in [0.25, 0.3) is 0 Å². The summed E-state index contributed by atoms with van der Waals surface area (Å²) in [6.45, 7) is 4.37. The van der Waals surface area contributed by atoms with Crippen LogP contribution in [0.4, 0.5) is 0 Å². The van der Waals surface area contributed by atoms with Crippen molar-refractivity contribution in [2.24, 2.45) is 0 Å². The van der Waals surface area contributed by atoms with Crippen molar-refractivity contribution in [1.29, 1.82) is 0 Å². The molecule has 0 aliphatic heterocycles. The van der Waals surface area contributed by atoms with Gasteiger partial charge in [-0.15, -0.1) is 0 Å². The third-order valence-electron chi connectivity index (χ3n) is 3.25. The fourth-order valence-electron chi connectivity index (χ4n) is 2.19. The molecule has 118 valence electrons. The second kappa shape index (κ2) is 7.42. The molecule has 0 fully saturated rings. The lowest BCUT2D eigenvalue weighted by molar-refractivity contribution is 0.340.